The van der Waals surface area contributed by atoms with Crippen molar-refractivity contribution in [3.8, 4) is 33.5 Å². The van der Waals surface area contributed by atoms with E-state index in [9.17, 15) is 24.6 Å². The first-order valence-electron chi connectivity index (χ1n) is 27.6. The molecule has 4 fully saturated rings. The van der Waals surface area contributed by atoms with E-state index < -0.39 is 52.6 Å². The maximum Gasteiger partial charge on any atom is 0.319 e. The summed E-state index contributed by atoms with van der Waals surface area (Å²) < 4.78 is 29.3. The summed E-state index contributed by atoms with van der Waals surface area (Å²) in [5, 5.41) is 36.2. The Morgan fingerprint density at radius 2 is 1.74 bits per heavy atom. The number of ketones is 1. The lowest BCUT2D eigenvalue weighted by Crippen LogP contribution is -2.66. The average molecular weight is 1090 g/mol. The number of phenolic OH excluding ortho intramolecular Hbond substituents is 1. The van der Waals surface area contributed by atoms with Crippen molar-refractivity contribution in [3.63, 3.8) is 0 Å². The highest BCUT2D eigenvalue weighted by Crippen LogP contribution is 2.40. The number of ether oxygens (including phenoxy) is 2. The molecule has 10 rings (SSSR count). The van der Waals surface area contributed by atoms with Crippen LogP contribution in [-0.4, -0.2) is 142 Å². The summed E-state index contributed by atoms with van der Waals surface area (Å²) >= 11 is 1.56. The van der Waals surface area contributed by atoms with Crippen LogP contribution in [0.3, 0.4) is 0 Å². The van der Waals surface area contributed by atoms with Gasteiger partial charge < -0.3 is 40.5 Å². The van der Waals surface area contributed by atoms with Crippen molar-refractivity contribution in [3.05, 3.63) is 88.9 Å². The number of nitrogens with zero attached hydrogens (tertiary/aromatic N) is 6. The van der Waals surface area contributed by atoms with E-state index in [-0.39, 0.29) is 42.5 Å². The lowest BCUT2D eigenvalue weighted by Gasteiger charge is -2.37. The number of fused-ring (bicyclic) bond motifs is 4. The molecule has 3 aromatic carbocycles. The number of halogens is 1. The molecule has 6 aromatic rings. The number of piperidine rings is 1. The van der Waals surface area contributed by atoms with Gasteiger partial charge in [0.25, 0.3) is 0 Å². The number of anilines is 1. The minimum atomic E-state index is -1.76. The van der Waals surface area contributed by atoms with E-state index in [1.807, 2.05) is 82.6 Å². The van der Waals surface area contributed by atoms with Gasteiger partial charge in [-0.15, -0.1) is 11.3 Å². The molecular weight excluding hydrogens is 1010 g/mol. The Balaban J connectivity index is 0.721. The maximum absolute atomic E-state index is 17.1. The smallest absolute Gasteiger partial charge is 0.319 e. The molecule has 0 aliphatic carbocycles. The van der Waals surface area contributed by atoms with Crippen LogP contribution >= 0.6 is 11.3 Å². The monoisotopic (exact) mass is 1080 g/mol. The first kappa shape index (κ1) is 55.1. The van der Waals surface area contributed by atoms with Crippen LogP contribution in [0.15, 0.2) is 66.3 Å². The van der Waals surface area contributed by atoms with Crippen molar-refractivity contribution < 1.29 is 38.5 Å². The van der Waals surface area contributed by atoms with Gasteiger partial charge in [-0.05, 0) is 116 Å². The molecule has 7 heterocycles. The third-order valence-electron chi connectivity index (χ3n) is 16.3. The molecule has 0 saturated carbocycles. The molecule has 4 saturated heterocycles. The molecule has 414 valence electrons. The van der Waals surface area contributed by atoms with Gasteiger partial charge in [0, 0.05) is 63.1 Å². The number of aromatic hydroxyl groups is 1. The summed E-state index contributed by atoms with van der Waals surface area (Å²) in [7, 11) is 0. The number of thiazole rings is 1. The highest BCUT2D eigenvalue weighted by atomic mass is 32.1. The van der Waals surface area contributed by atoms with Gasteiger partial charge in [0.2, 0.25) is 11.8 Å². The number of carbonyl (C=O) groups excluding carboxylic acids is 3. The first-order valence-corrected chi connectivity index (χ1v) is 28.5. The number of nitrogens with one attached hydrogen (secondary N) is 4. The third-order valence-corrected chi connectivity index (χ3v) is 17.3. The number of amides is 2. The number of hydrogen-bond acceptors (Lipinski definition) is 16. The molecule has 19 heteroatoms. The first-order chi connectivity index (χ1) is 37.5. The number of hydrogen-bond donors (Lipinski definition) is 6. The number of carbonyl (C=O) groups is 3. The van der Waals surface area contributed by atoms with Crippen molar-refractivity contribution in [2.75, 3.05) is 64.0 Å². The predicted molar refractivity (Wildman–Crippen MR) is 300 cm³/mol. The van der Waals surface area contributed by atoms with Gasteiger partial charge >= 0.3 is 6.01 Å². The number of piperazine rings is 1. The molecule has 4 aliphatic rings. The van der Waals surface area contributed by atoms with Gasteiger partial charge in [-0.25, -0.2) is 9.37 Å². The lowest BCUT2D eigenvalue weighted by atomic mass is 9.75. The normalized spacial score (nSPS) is 21.7. The predicted octanol–water partition coefficient (Wildman–Crippen LogP) is 7.19. The molecule has 4 unspecified atom stereocenters. The lowest BCUT2D eigenvalue weighted by molar-refractivity contribution is -0.143. The Bertz CT molecular complexity index is 3150. The Morgan fingerprint density at radius 1 is 0.987 bits per heavy atom. The molecule has 2 bridgehead atoms. The highest BCUT2D eigenvalue weighted by molar-refractivity contribution is 7.13. The van der Waals surface area contributed by atoms with Crippen LogP contribution < -0.4 is 30.9 Å². The number of phenols is 1. The largest absolute Gasteiger partial charge is 0.508 e. The van der Waals surface area contributed by atoms with Crippen LogP contribution in [0.4, 0.5) is 10.2 Å². The van der Waals surface area contributed by atoms with E-state index >= 15 is 4.39 Å². The number of benzene rings is 3. The highest BCUT2D eigenvalue weighted by Gasteiger charge is 2.55. The Labute approximate surface area is 459 Å². The SMILES string of the molecule is CCc1cccc2cc(O)cc(-c3ncc4c(N5CC6CCC(C5)N6)nc(OCCN5CCC(CCOCC(=O)NC(C(=O)[C@]6(C(=O)N[C@@H](C)c7ccc(-c8scnc8C)cc7)CC(O)CN6)C(C)(C)C)CC5)nc4c3F)c12. The topological polar surface area (TPSA) is 216 Å². The van der Waals surface area contributed by atoms with Crippen LogP contribution in [0.5, 0.6) is 11.8 Å². The zero-order chi connectivity index (χ0) is 54.9. The molecule has 2 amide bonds. The number of aryl methyl sites for hydroxylation is 2. The number of Topliss-reactive ketones (excluding diaryl/α,β-unsaturated/α-hetero) is 1. The number of β-amino-alcohol motifs (C(OH)–C–C–N with tert-alkyl or cyclic N) is 1. The van der Waals surface area contributed by atoms with Crippen molar-refractivity contribution in [2.24, 2.45) is 11.3 Å². The van der Waals surface area contributed by atoms with Gasteiger partial charge in [-0.2, -0.15) is 9.97 Å². The summed E-state index contributed by atoms with van der Waals surface area (Å²) in [6.07, 6.45) is 6.09. The number of rotatable bonds is 19. The van der Waals surface area contributed by atoms with Crippen LogP contribution in [0, 0.1) is 24.1 Å². The molecule has 0 spiro atoms. The fourth-order valence-corrected chi connectivity index (χ4v) is 12.7. The second-order valence-electron chi connectivity index (χ2n) is 22.9. The van der Waals surface area contributed by atoms with Crippen LogP contribution in [0.25, 0.3) is 43.4 Å². The number of aliphatic hydroxyl groups excluding tert-OH is 1. The molecule has 6 N–H and O–H groups in total. The minimum Gasteiger partial charge on any atom is -0.508 e. The van der Waals surface area contributed by atoms with Crippen LogP contribution in [-0.2, 0) is 25.5 Å². The van der Waals surface area contributed by atoms with Crippen molar-refractivity contribution in [1.29, 1.82) is 0 Å². The van der Waals surface area contributed by atoms with Crippen molar-refractivity contribution in [1.82, 2.24) is 46.1 Å². The zero-order valence-corrected chi connectivity index (χ0v) is 46.4. The number of likely N-dealkylation sites (tertiary alicyclic amines) is 1. The second-order valence-corrected chi connectivity index (χ2v) is 23.7. The van der Waals surface area contributed by atoms with Gasteiger partial charge in [0.1, 0.15) is 36.0 Å². The fraction of sp³-hybridized carbons (Fsp3) is 0.508. The Kier molecular flexibility index (Phi) is 16.4. The van der Waals surface area contributed by atoms with Crippen molar-refractivity contribution >= 4 is 56.4 Å². The molecule has 78 heavy (non-hydrogen) atoms. The number of pyridine rings is 1. The molecule has 17 nitrogen and oxygen atoms in total. The Morgan fingerprint density at radius 3 is 2.42 bits per heavy atom. The van der Waals surface area contributed by atoms with Crippen LogP contribution in [0.1, 0.15) is 96.0 Å². The molecule has 3 aromatic heterocycles. The molecule has 0 radical (unpaired) electrons. The third kappa shape index (κ3) is 11.7. The van der Waals surface area contributed by atoms with E-state index in [2.05, 4.69) is 43.0 Å². The summed E-state index contributed by atoms with van der Waals surface area (Å²) in [5.74, 6) is -1.11. The molecule has 6 atom stereocenters. The van der Waals surface area contributed by atoms with E-state index in [1.165, 1.54) is 0 Å². The number of aromatic nitrogens is 4. The van der Waals surface area contributed by atoms with Crippen LogP contribution in [0.2, 0.25) is 0 Å². The molecule has 4 aliphatic heterocycles. The zero-order valence-electron chi connectivity index (χ0n) is 45.5. The number of aliphatic hydroxyl groups is 1. The van der Waals surface area contributed by atoms with E-state index in [1.54, 1.807) is 29.7 Å². The standard InChI is InChI=1S/C59H73FN10O7S/c1-7-37-9-8-10-40-25-43(71)26-45(48(37)40)50-49(60)51-46(29-61-50)55(70-30-41-15-16-42(31-70)65-41)68-57(67-51)77-24-22-69-20-17-36(18-21-69)19-23-76-32-47(73)66-53(58(4,5)6)54(74)59(27-44(72)28-63-59)56(75)64-34(2)38-11-13-39(14-12-38)52-35(3)62-33-78-52/h8-14,25-26,29,33-34,36,41-42,44,53,63,65,71-72H,7,15-24,27-28,30-32H2,1-6H3,(H,64,75)(H,66,73)/t34-,41?,42?,44?,53?,59-/m0/s1. The fourth-order valence-electron chi connectivity index (χ4n) is 11.9. The maximum atomic E-state index is 17.1. The molecular formula is C59H73FN10O7S. The summed E-state index contributed by atoms with van der Waals surface area (Å²) in [6, 6.07) is 16.2. The van der Waals surface area contributed by atoms with Gasteiger partial charge in [0.15, 0.2) is 17.1 Å². The quantitative estimate of drug-likeness (QED) is 0.0350. The van der Waals surface area contributed by atoms with Gasteiger partial charge in [0.05, 0.1) is 39.7 Å². The average Bonchev–Trinajstić information content (AvgIpc) is 4.27. The van der Waals surface area contributed by atoms with E-state index in [0.717, 1.165) is 103 Å². The van der Waals surface area contributed by atoms with Gasteiger partial charge in [-0.1, -0.05) is 70.2 Å². The van der Waals surface area contributed by atoms with Crippen molar-refractivity contribution in [2.45, 2.75) is 122 Å². The Hall–Kier alpha value is -6.22. The minimum absolute atomic E-state index is 0.0279. The second kappa shape index (κ2) is 23.2. The van der Waals surface area contributed by atoms with Gasteiger partial charge in [-0.3, -0.25) is 29.6 Å². The van der Waals surface area contributed by atoms with E-state index in [0.29, 0.717) is 54.5 Å². The van der Waals surface area contributed by atoms with E-state index in [4.69, 9.17) is 24.4 Å². The summed E-state index contributed by atoms with van der Waals surface area (Å²) in [5.41, 5.74) is 3.88. The summed E-state index contributed by atoms with van der Waals surface area (Å²) in [4.78, 5) is 66.5. The summed E-state index contributed by atoms with van der Waals surface area (Å²) in [6.45, 7) is 15.6.